The molecule has 0 radical (unpaired) electrons. The summed E-state index contributed by atoms with van der Waals surface area (Å²) in [7, 11) is -0.268. The summed E-state index contributed by atoms with van der Waals surface area (Å²) in [5.41, 5.74) is 2.18. The summed E-state index contributed by atoms with van der Waals surface area (Å²) in [5.74, 6) is 0.647. The van der Waals surface area contributed by atoms with Crippen LogP contribution >= 0.6 is 23.4 Å². The number of rotatable bonds is 16. The highest BCUT2D eigenvalue weighted by Crippen LogP contribution is 2.35. The van der Waals surface area contributed by atoms with E-state index in [-0.39, 0.29) is 28.0 Å². The van der Waals surface area contributed by atoms with Crippen molar-refractivity contribution in [1.29, 1.82) is 0 Å². The largest absolute Gasteiger partial charge is 0.435 e. The van der Waals surface area contributed by atoms with Crippen LogP contribution in [0.4, 0.5) is 41.6 Å². The van der Waals surface area contributed by atoms with Crippen LogP contribution in [0.25, 0.3) is 16.9 Å². The molecular weight excluding hydrogens is 861 g/mol. The molecule has 1 aromatic heterocycles. The van der Waals surface area contributed by atoms with E-state index in [2.05, 4.69) is 24.9 Å². The Morgan fingerprint density at radius 1 is 0.839 bits per heavy atom. The Morgan fingerprint density at radius 3 is 2.15 bits per heavy atom. The summed E-state index contributed by atoms with van der Waals surface area (Å²) in [4.78, 5) is 18.8. The fourth-order valence-corrected chi connectivity index (χ4v) is 9.24. The lowest BCUT2D eigenvalue weighted by atomic mass is 10.1. The number of nitrogens with one attached hydrogen (secondary N) is 2. The predicted molar refractivity (Wildman–Crippen MR) is 242 cm³/mol. The molecule has 0 unspecified atom stereocenters. The lowest BCUT2D eigenvalue weighted by molar-refractivity contribution is -0.384. The number of alkyl halides is 3. The van der Waals surface area contributed by atoms with Crippen molar-refractivity contribution in [3.05, 3.63) is 148 Å². The second-order valence-electron chi connectivity index (χ2n) is 15.0. The van der Waals surface area contributed by atoms with Gasteiger partial charge in [0.25, 0.3) is 15.7 Å². The fraction of sp³-hybridized carbons (Fsp3) is 0.250. The molecule has 2 N–H and O–H groups in total. The summed E-state index contributed by atoms with van der Waals surface area (Å²) in [5, 5.41) is 19.9. The molecule has 1 aliphatic heterocycles. The first-order valence-corrected chi connectivity index (χ1v) is 22.5. The van der Waals surface area contributed by atoms with Crippen LogP contribution in [0, 0.1) is 10.1 Å². The second-order valence-corrected chi connectivity index (χ2v) is 18.2. The van der Waals surface area contributed by atoms with E-state index in [1.54, 1.807) is 72.4 Å². The van der Waals surface area contributed by atoms with E-state index in [4.69, 9.17) is 11.6 Å². The number of anilines is 4. The summed E-state index contributed by atoms with van der Waals surface area (Å²) in [6, 6.07) is 35.3. The molecule has 7 rings (SSSR count). The Morgan fingerprint density at radius 2 is 1.50 bits per heavy atom. The smallest absolute Gasteiger partial charge is 0.376 e. The quantitative estimate of drug-likeness (QED) is 0.0551. The van der Waals surface area contributed by atoms with Crippen molar-refractivity contribution in [3.8, 4) is 16.9 Å². The maximum Gasteiger partial charge on any atom is 0.435 e. The van der Waals surface area contributed by atoms with Gasteiger partial charge in [0.2, 0.25) is 0 Å². The number of benzene rings is 5. The monoisotopic (exact) mass is 904 g/mol. The Bertz CT molecular complexity index is 2590. The lowest BCUT2D eigenvalue weighted by Crippen LogP contribution is -2.46. The van der Waals surface area contributed by atoms with Gasteiger partial charge in [-0.25, -0.2) is 13.1 Å². The molecule has 1 fully saturated rings. The summed E-state index contributed by atoms with van der Waals surface area (Å²) in [6.45, 7) is 3.22. The molecule has 12 nitrogen and oxygen atoms in total. The molecule has 1 saturated heterocycles. The van der Waals surface area contributed by atoms with E-state index in [9.17, 15) is 31.7 Å². The fourth-order valence-electron chi connectivity index (χ4n) is 7.04. The van der Waals surface area contributed by atoms with Crippen LogP contribution in [-0.4, -0.2) is 86.6 Å². The highest BCUT2D eigenvalue weighted by Gasteiger charge is 2.35. The van der Waals surface area contributed by atoms with E-state index in [1.165, 1.54) is 16.8 Å². The number of hydrogen-bond donors (Lipinski definition) is 2. The second kappa shape index (κ2) is 19.1. The number of nitrogens with zero attached hydrogens (tertiary/aromatic N) is 6. The number of piperazine rings is 1. The number of aromatic nitrogens is 2. The molecule has 18 heteroatoms. The molecule has 0 spiro atoms. The van der Waals surface area contributed by atoms with Crippen molar-refractivity contribution in [2.75, 3.05) is 72.4 Å². The van der Waals surface area contributed by atoms with Gasteiger partial charge in [-0.15, -0.1) is 11.8 Å². The molecule has 6 aromatic rings. The van der Waals surface area contributed by atoms with Crippen molar-refractivity contribution in [3.63, 3.8) is 0 Å². The van der Waals surface area contributed by atoms with Crippen LogP contribution < -0.4 is 19.8 Å². The lowest BCUT2D eigenvalue weighted by Gasteiger charge is -2.37. The third kappa shape index (κ3) is 11.0. The molecular formula is C44H44ClF3N8O4S2. The Kier molecular flexibility index (Phi) is 13.7. The maximum atomic E-state index is 13.8. The Balaban J connectivity index is 0.993. The number of nitro benzene ring substituents is 1. The average molecular weight is 905 g/mol. The van der Waals surface area contributed by atoms with Gasteiger partial charge in [0.1, 0.15) is 5.69 Å². The maximum absolute atomic E-state index is 13.8. The molecule has 324 valence electrons. The van der Waals surface area contributed by atoms with E-state index in [0.717, 1.165) is 34.9 Å². The van der Waals surface area contributed by atoms with Gasteiger partial charge in [-0.05, 0) is 112 Å². The van der Waals surface area contributed by atoms with E-state index < -0.39 is 26.8 Å². The van der Waals surface area contributed by atoms with Gasteiger partial charge in [-0.1, -0.05) is 48.0 Å². The highest BCUT2D eigenvalue weighted by atomic mass is 35.5. The summed E-state index contributed by atoms with van der Waals surface area (Å²) >= 11 is 7.68. The van der Waals surface area contributed by atoms with Crippen molar-refractivity contribution in [1.82, 2.24) is 14.7 Å². The first kappa shape index (κ1) is 44.3. The summed E-state index contributed by atoms with van der Waals surface area (Å²) < 4.78 is 72.3. The van der Waals surface area contributed by atoms with Gasteiger partial charge >= 0.3 is 6.18 Å². The van der Waals surface area contributed by atoms with Crippen LogP contribution in [-0.2, 0) is 16.2 Å². The minimum absolute atomic E-state index is 0.129. The molecule has 0 amide bonds. The predicted octanol–water partition coefficient (Wildman–Crippen LogP) is 9.77. The van der Waals surface area contributed by atoms with Crippen molar-refractivity contribution < 1.29 is 26.5 Å². The van der Waals surface area contributed by atoms with Crippen molar-refractivity contribution >= 4 is 61.8 Å². The van der Waals surface area contributed by atoms with Crippen molar-refractivity contribution in [2.45, 2.75) is 28.4 Å². The van der Waals surface area contributed by atoms with Crippen LogP contribution in [0.2, 0.25) is 5.02 Å². The highest BCUT2D eigenvalue weighted by molar-refractivity contribution is 7.99. The number of sulfonamides is 1. The Labute approximate surface area is 367 Å². The van der Waals surface area contributed by atoms with Crippen molar-refractivity contribution in [2.24, 2.45) is 0 Å². The van der Waals surface area contributed by atoms with Gasteiger partial charge in [0.15, 0.2) is 5.69 Å². The molecule has 0 bridgehead atoms. The molecule has 2 heterocycles. The van der Waals surface area contributed by atoms with Gasteiger partial charge in [0, 0.05) is 76.6 Å². The van der Waals surface area contributed by atoms with Crippen LogP contribution in [0.15, 0.2) is 137 Å². The van der Waals surface area contributed by atoms with E-state index >= 15 is 0 Å². The van der Waals surface area contributed by atoms with Gasteiger partial charge in [0.05, 0.1) is 21.2 Å². The molecule has 0 saturated carbocycles. The average Bonchev–Trinajstić information content (AvgIpc) is 3.72. The van der Waals surface area contributed by atoms with Gasteiger partial charge in [-0.2, -0.15) is 18.3 Å². The SMILES string of the molecule is CN(C)CC[C@H](CSc1ccccc1)Nc1ccc(S(=O)(=O)Nc2ccc(N3CCN(c4cccc(-n5nc(C(F)(F)F)cc5-c5ccc(Cl)cc5)c4)CC3)cc2)cc1[N+](=O)[O-]. The van der Waals surface area contributed by atoms with Crippen LogP contribution in [0.1, 0.15) is 12.1 Å². The zero-order chi connectivity index (χ0) is 44.0. The minimum Gasteiger partial charge on any atom is -0.376 e. The topological polar surface area (TPSA) is 129 Å². The number of halogens is 4. The normalized spacial score (nSPS) is 13.9. The summed E-state index contributed by atoms with van der Waals surface area (Å²) in [6.07, 6.45) is -3.92. The van der Waals surface area contributed by atoms with Gasteiger partial charge in [-0.3, -0.25) is 14.8 Å². The van der Waals surface area contributed by atoms with E-state index in [1.807, 2.05) is 61.5 Å². The molecule has 62 heavy (non-hydrogen) atoms. The first-order chi connectivity index (χ1) is 29.6. The van der Waals surface area contributed by atoms with E-state index in [0.29, 0.717) is 60.3 Å². The first-order valence-electron chi connectivity index (χ1n) is 19.7. The third-order valence-corrected chi connectivity index (χ3v) is 13.1. The third-order valence-electron chi connectivity index (χ3n) is 10.3. The number of thioether (sulfide) groups is 1. The zero-order valence-electron chi connectivity index (χ0n) is 33.8. The zero-order valence-corrected chi connectivity index (χ0v) is 36.2. The van der Waals surface area contributed by atoms with Crippen LogP contribution in [0.3, 0.4) is 0 Å². The number of nitro groups is 1. The van der Waals surface area contributed by atoms with Crippen LogP contribution in [0.5, 0.6) is 0 Å². The minimum atomic E-state index is -4.63. The number of hydrogen-bond acceptors (Lipinski definition) is 10. The molecule has 1 atom stereocenters. The standard InChI is InChI=1S/C44H44ClF3N8O4S2/c1-52(2)22-21-34(30-61-38-9-4-3-5-10-38)49-40-20-19-39(28-42(40)56(57)58)62(59,60)51-33-15-17-35(18-16-33)53-23-25-54(26-24-53)36-7-6-8-37(27-36)55-41(29-43(50-55)44(46,47)48)31-11-13-32(45)14-12-31/h3-20,27-29,34,49,51H,21-26,30H2,1-2H3/t34-/m1/s1. The van der Waals surface area contributed by atoms with Gasteiger partial charge < -0.3 is 20.0 Å². The molecule has 5 aromatic carbocycles. The molecule has 0 aliphatic carbocycles. The molecule has 1 aliphatic rings. The Hall–Kier alpha value is -5.75.